The molecular weight excluding hydrogens is 487 g/mol. The van der Waals surface area contributed by atoms with Crippen LogP contribution in [0.4, 0.5) is 0 Å². The van der Waals surface area contributed by atoms with Crippen LogP contribution in [-0.2, 0) is 0 Å². The maximum atomic E-state index is 4.46. The molecule has 2 fully saturated rings. The van der Waals surface area contributed by atoms with Gasteiger partial charge in [0.2, 0.25) is 0 Å². The molecule has 3 rings (SSSR count). The third-order valence-corrected chi connectivity index (χ3v) is 6.24. The smallest absolute Gasteiger partial charge is 0.191 e. The zero-order valence-corrected chi connectivity index (χ0v) is 21.3. The number of benzene rings is 1. The standard InChI is InChI=1S/C23H40N6.HI/c1-20(19-28-15-13-27(3)14-16-28)17-25-23(24-2)26-18-22(29-11-7-8-12-29)21-9-5-4-6-10-21;/h4-6,9-10,20,22H,7-8,11-19H2,1-3H3,(H2,24,25,26);1H. The highest BCUT2D eigenvalue weighted by atomic mass is 127. The Morgan fingerprint density at radius 3 is 2.23 bits per heavy atom. The molecule has 0 aromatic heterocycles. The van der Waals surface area contributed by atoms with E-state index in [1.165, 1.54) is 57.7 Å². The minimum atomic E-state index is 0. The summed E-state index contributed by atoms with van der Waals surface area (Å²) in [6, 6.07) is 11.3. The molecule has 2 unspecified atom stereocenters. The highest BCUT2D eigenvalue weighted by molar-refractivity contribution is 14.0. The maximum absolute atomic E-state index is 4.46. The molecule has 0 radical (unpaired) electrons. The van der Waals surface area contributed by atoms with Gasteiger partial charge < -0.3 is 20.4 Å². The number of aliphatic imine (C=N–C) groups is 1. The Kier molecular flexibility index (Phi) is 11.4. The summed E-state index contributed by atoms with van der Waals surface area (Å²) in [6.07, 6.45) is 2.61. The Morgan fingerprint density at radius 1 is 0.967 bits per heavy atom. The van der Waals surface area contributed by atoms with Crippen molar-refractivity contribution in [1.82, 2.24) is 25.3 Å². The van der Waals surface area contributed by atoms with E-state index in [9.17, 15) is 0 Å². The summed E-state index contributed by atoms with van der Waals surface area (Å²) >= 11 is 0. The van der Waals surface area contributed by atoms with Crippen molar-refractivity contribution in [3.63, 3.8) is 0 Å². The molecule has 0 aliphatic carbocycles. The quantitative estimate of drug-likeness (QED) is 0.309. The molecule has 7 heteroatoms. The molecule has 0 amide bonds. The van der Waals surface area contributed by atoms with E-state index in [1.54, 1.807) is 0 Å². The molecule has 2 heterocycles. The lowest BCUT2D eigenvalue weighted by molar-refractivity contribution is 0.139. The molecule has 6 nitrogen and oxygen atoms in total. The number of likely N-dealkylation sites (N-methyl/N-ethyl adjacent to an activating group) is 1. The van der Waals surface area contributed by atoms with Gasteiger partial charge in [0.15, 0.2) is 5.96 Å². The van der Waals surface area contributed by atoms with Crippen LogP contribution < -0.4 is 10.6 Å². The van der Waals surface area contributed by atoms with Gasteiger partial charge in [0.1, 0.15) is 0 Å². The van der Waals surface area contributed by atoms with Gasteiger partial charge in [0.05, 0.1) is 6.04 Å². The Balaban J connectivity index is 0.00000320. The molecule has 2 aliphatic rings. The fourth-order valence-electron chi connectivity index (χ4n) is 4.41. The van der Waals surface area contributed by atoms with Crippen LogP contribution in [0.2, 0.25) is 0 Å². The van der Waals surface area contributed by atoms with E-state index in [0.717, 1.165) is 25.6 Å². The van der Waals surface area contributed by atoms with Crippen molar-refractivity contribution < 1.29 is 0 Å². The first-order valence-corrected chi connectivity index (χ1v) is 11.3. The fraction of sp³-hybridized carbons (Fsp3) is 0.696. The van der Waals surface area contributed by atoms with Gasteiger partial charge in [-0.05, 0) is 44.5 Å². The van der Waals surface area contributed by atoms with Crippen LogP contribution in [0.3, 0.4) is 0 Å². The lowest BCUT2D eigenvalue weighted by Gasteiger charge is -2.34. The number of piperazine rings is 1. The predicted molar refractivity (Wildman–Crippen MR) is 138 cm³/mol. The number of hydrogen-bond donors (Lipinski definition) is 2. The molecule has 30 heavy (non-hydrogen) atoms. The summed E-state index contributed by atoms with van der Waals surface area (Å²) in [6.45, 7) is 12.4. The van der Waals surface area contributed by atoms with E-state index in [-0.39, 0.29) is 24.0 Å². The van der Waals surface area contributed by atoms with Gasteiger partial charge in [0.25, 0.3) is 0 Å². The first-order valence-electron chi connectivity index (χ1n) is 11.3. The summed E-state index contributed by atoms with van der Waals surface area (Å²) in [5.41, 5.74) is 1.39. The summed E-state index contributed by atoms with van der Waals surface area (Å²) in [4.78, 5) is 12.1. The molecule has 2 atom stereocenters. The fourth-order valence-corrected chi connectivity index (χ4v) is 4.41. The van der Waals surface area contributed by atoms with E-state index < -0.39 is 0 Å². The average Bonchev–Trinajstić information content (AvgIpc) is 3.27. The highest BCUT2D eigenvalue weighted by Gasteiger charge is 2.23. The first kappa shape index (κ1) is 25.4. The summed E-state index contributed by atoms with van der Waals surface area (Å²) < 4.78 is 0. The molecule has 2 aliphatic heterocycles. The largest absolute Gasteiger partial charge is 0.356 e. The lowest BCUT2D eigenvalue weighted by Crippen LogP contribution is -2.48. The van der Waals surface area contributed by atoms with E-state index in [1.807, 2.05) is 7.05 Å². The van der Waals surface area contributed by atoms with E-state index in [2.05, 4.69) is 74.6 Å². The molecular formula is C23H41IN6. The average molecular weight is 529 g/mol. The van der Waals surface area contributed by atoms with E-state index in [0.29, 0.717) is 12.0 Å². The van der Waals surface area contributed by atoms with Crippen LogP contribution in [-0.4, -0.2) is 93.7 Å². The second-order valence-electron chi connectivity index (χ2n) is 8.71. The van der Waals surface area contributed by atoms with Gasteiger partial charge in [-0.15, -0.1) is 24.0 Å². The van der Waals surface area contributed by atoms with E-state index >= 15 is 0 Å². The molecule has 0 spiro atoms. The third kappa shape index (κ3) is 7.98. The Morgan fingerprint density at radius 2 is 1.60 bits per heavy atom. The molecule has 1 aromatic rings. The monoisotopic (exact) mass is 528 g/mol. The van der Waals surface area contributed by atoms with Crippen LogP contribution in [0.5, 0.6) is 0 Å². The summed E-state index contributed by atoms with van der Waals surface area (Å²) in [5, 5.41) is 7.13. The number of nitrogens with one attached hydrogen (secondary N) is 2. The molecule has 0 bridgehead atoms. The van der Waals surface area contributed by atoms with Crippen LogP contribution in [0.25, 0.3) is 0 Å². The molecule has 1 aromatic carbocycles. The normalized spacial score (nSPS) is 21.1. The lowest BCUT2D eigenvalue weighted by atomic mass is 10.1. The SMILES string of the molecule is CN=C(NCC(C)CN1CCN(C)CC1)NCC(c1ccccc1)N1CCCC1.I. The van der Waals surface area contributed by atoms with Gasteiger partial charge in [-0.25, -0.2) is 0 Å². The minimum absolute atomic E-state index is 0. The van der Waals surface area contributed by atoms with Crippen molar-refractivity contribution in [3.8, 4) is 0 Å². The Hall–Kier alpha value is -0.900. The third-order valence-electron chi connectivity index (χ3n) is 6.24. The second-order valence-corrected chi connectivity index (χ2v) is 8.71. The number of halogens is 1. The van der Waals surface area contributed by atoms with Crippen molar-refractivity contribution in [3.05, 3.63) is 35.9 Å². The zero-order valence-electron chi connectivity index (χ0n) is 19.0. The van der Waals surface area contributed by atoms with Gasteiger partial charge in [-0.1, -0.05) is 37.3 Å². The second kappa shape index (κ2) is 13.5. The maximum Gasteiger partial charge on any atom is 0.191 e. The van der Waals surface area contributed by atoms with Gasteiger partial charge >= 0.3 is 0 Å². The van der Waals surface area contributed by atoms with E-state index in [4.69, 9.17) is 0 Å². The number of hydrogen-bond acceptors (Lipinski definition) is 4. The molecule has 170 valence electrons. The van der Waals surface area contributed by atoms with Crippen molar-refractivity contribution in [2.24, 2.45) is 10.9 Å². The predicted octanol–water partition coefficient (Wildman–Crippen LogP) is 2.49. The van der Waals surface area contributed by atoms with Crippen LogP contribution in [0.1, 0.15) is 31.4 Å². The molecule has 0 saturated carbocycles. The van der Waals surface area contributed by atoms with Crippen molar-refractivity contribution in [2.75, 3.05) is 73.0 Å². The highest BCUT2D eigenvalue weighted by Crippen LogP contribution is 2.24. The minimum Gasteiger partial charge on any atom is -0.356 e. The van der Waals surface area contributed by atoms with Crippen LogP contribution >= 0.6 is 24.0 Å². The van der Waals surface area contributed by atoms with Crippen molar-refractivity contribution >= 4 is 29.9 Å². The van der Waals surface area contributed by atoms with Crippen molar-refractivity contribution in [1.29, 1.82) is 0 Å². The number of nitrogens with zero attached hydrogens (tertiary/aromatic N) is 4. The van der Waals surface area contributed by atoms with Gasteiger partial charge in [-0.2, -0.15) is 0 Å². The first-order chi connectivity index (χ1) is 14.2. The summed E-state index contributed by atoms with van der Waals surface area (Å²) in [5.74, 6) is 1.51. The Labute approximate surface area is 200 Å². The molecule has 2 N–H and O–H groups in total. The number of rotatable bonds is 8. The number of guanidine groups is 1. The van der Waals surface area contributed by atoms with Crippen molar-refractivity contribution in [2.45, 2.75) is 25.8 Å². The van der Waals surface area contributed by atoms with Crippen LogP contribution in [0.15, 0.2) is 35.3 Å². The zero-order chi connectivity index (χ0) is 20.5. The van der Waals surface area contributed by atoms with Gasteiger partial charge in [-0.3, -0.25) is 9.89 Å². The van der Waals surface area contributed by atoms with Gasteiger partial charge in [0, 0.05) is 52.9 Å². The van der Waals surface area contributed by atoms with Crippen LogP contribution in [0, 0.1) is 5.92 Å². The topological polar surface area (TPSA) is 46.1 Å². The Bertz CT molecular complexity index is 611. The number of likely N-dealkylation sites (tertiary alicyclic amines) is 1. The summed E-state index contributed by atoms with van der Waals surface area (Å²) in [7, 11) is 4.08. The molecule has 2 saturated heterocycles.